The average Bonchev–Trinajstić information content (AvgIpc) is 2.19. The molecule has 3 atom stereocenters. The molecule has 2 N–H and O–H groups in total. The topological polar surface area (TPSA) is 50.4 Å². The van der Waals surface area contributed by atoms with Crippen LogP contribution in [0.25, 0.3) is 0 Å². The first kappa shape index (κ1) is 12.5. The maximum absolute atomic E-state index is 11.4. The zero-order valence-corrected chi connectivity index (χ0v) is 9.88. The molecule has 0 bridgehead atoms. The normalized spacial score (nSPS) is 31.3. The fourth-order valence-electron chi connectivity index (χ4n) is 1.97. The quantitative estimate of drug-likeness (QED) is 0.723. The molecule has 88 valence electrons. The van der Waals surface area contributed by atoms with Gasteiger partial charge in [-0.15, -0.1) is 0 Å². The molecular weight excluding hydrogens is 192 g/mol. The third-order valence-corrected chi connectivity index (χ3v) is 2.85. The highest BCUT2D eigenvalue weighted by Crippen LogP contribution is 2.12. The summed E-state index contributed by atoms with van der Waals surface area (Å²) in [4.78, 5) is 11.4. The molecule has 0 radical (unpaired) electrons. The summed E-state index contributed by atoms with van der Waals surface area (Å²) in [5.41, 5.74) is 0. The van der Waals surface area contributed by atoms with Gasteiger partial charge in [-0.05, 0) is 33.6 Å². The number of rotatable bonds is 4. The molecule has 0 aromatic heterocycles. The third kappa shape index (κ3) is 4.18. The molecule has 1 heterocycles. The van der Waals surface area contributed by atoms with Crippen LogP contribution < -0.4 is 10.6 Å². The molecule has 1 rings (SSSR count). The predicted octanol–water partition coefficient (Wildman–Crippen LogP) is 0.668. The van der Waals surface area contributed by atoms with E-state index in [1.807, 2.05) is 6.92 Å². The fraction of sp³-hybridized carbons (Fsp3) is 0.909. The monoisotopic (exact) mass is 214 g/mol. The number of hydrogen-bond donors (Lipinski definition) is 2. The fourth-order valence-corrected chi connectivity index (χ4v) is 1.97. The Labute approximate surface area is 91.8 Å². The predicted molar refractivity (Wildman–Crippen MR) is 59.7 cm³/mol. The van der Waals surface area contributed by atoms with Crippen molar-refractivity contribution in [2.75, 3.05) is 13.2 Å². The number of carbonyl (C=O) groups excluding carboxylic acids is 1. The van der Waals surface area contributed by atoms with Crippen LogP contribution in [-0.4, -0.2) is 37.2 Å². The number of hydrogen-bond acceptors (Lipinski definition) is 3. The molecule has 4 nitrogen and oxygen atoms in total. The van der Waals surface area contributed by atoms with Crippen molar-refractivity contribution >= 4 is 5.91 Å². The Bertz CT molecular complexity index is 209. The van der Waals surface area contributed by atoms with Crippen molar-refractivity contribution in [3.05, 3.63) is 0 Å². The van der Waals surface area contributed by atoms with E-state index >= 15 is 0 Å². The summed E-state index contributed by atoms with van der Waals surface area (Å²) >= 11 is 0. The van der Waals surface area contributed by atoms with Crippen molar-refractivity contribution in [2.45, 2.75) is 51.7 Å². The van der Waals surface area contributed by atoms with Crippen molar-refractivity contribution in [3.63, 3.8) is 0 Å². The van der Waals surface area contributed by atoms with Crippen LogP contribution in [0.2, 0.25) is 0 Å². The number of amides is 1. The van der Waals surface area contributed by atoms with Crippen LogP contribution in [0, 0.1) is 0 Å². The highest BCUT2D eigenvalue weighted by atomic mass is 16.5. The van der Waals surface area contributed by atoms with Gasteiger partial charge in [-0.25, -0.2) is 0 Å². The molecule has 3 unspecified atom stereocenters. The summed E-state index contributed by atoms with van der Waals surface area (Å²) in [6.45, 7) is 6.94. The molecule has 0 saturated carbocycles. The van der Waals surface area contributed by atoms with E-state index in [9.17, 15) is 4.79 Å². The summed E-state index contributed by atoms with van der Waals surface area (Å²) < 4.78 is 5.06. The molecule has 1 amide bonds. The van der Waals surface area contributed by atoms with Crippen molar-refractivity contribution in [1.82, 2.24) is 10.6 Å². The van der Waals surface area contributed by atoms with Crippen LogP contribution in [0.15, 0.2) is 0 Å². The van der Waals surface area contributed by atoms with Gasteiger partial charge in [0, 0.05) is 24.7 Å². The van der Waals surface area contributed by atoms with Crippen molar-refractivity contribution < 1.29 is 9.53 Å². The zero-order chi connectivity index (χ0) is 11.3. The van der Waals surface area contributed by atoms with E-state index in [4.69, 9.17) is 4.74 Å². The molecule has 1 aliphatic rings. The van der Waals surface area contributed by atoms with Crippen LogP contribution in [0.3, 0.4) is 0 Å². The average molecular weight is 214 g/mol. The SMILES string of the molecule is CCOCC(=O)NC1CCC(C)NC1C. The van der Waals surface area contributed by atoms with Gasteiger partial charge in [0.05, 0.1) is 0 Å². The maximum atomic E-state index is 11.4. The lowest BCUT2D eigenvalue weighted by molar-refractivity contribution is -0.126. The van der Waals surface area contributed by atoms with E-state index in [0.717, 1.165) is 12.8 Å². The lowest BCUT2D eigenvalue weighted by Crippen LogP contribution is -2.55. The number of ether oxygens (including phenoxy) is 1. The molecule has 0 aromatic rings. The van der Waals surface area contributed by atoms with E-state index in [1.54, 1.807) is 0 Å². The second-order valence-corrected chi connectivity index (χ2v) is 4.24. The molecule has 1 fully saturated rings. The third-order valence-electron chi connectivity index (χ3n) is 2.85. The van der Waals surface area contributed by atoms with Crippen LogP contribution >= 0.6 is 0 Å². The van der Waals surface area contributed by atoms with Gasteiger partial charge in [-0.3, -0.25) is 4.79 Å². The minimum Gasteiger partial charge on any atom is -0.372 e. The summed E-state index contributed by atoms with van der Waals surface area (Å²) in [6, 6.07) is 1.15. The van der Waals surface area contributed by atoms with Gasteiger partial charge in [0.15, 0.2) is 0 Å². The van der Waals surface area contributed by atoms with Gasteiger partial charge >= 0.3 is 0 Å². The first-order chi connectivity index (χ1) is 7.13. The van der Waals surface area contributed by atoms with E-state index in [1.165, 1.54) is 0 Å². The second kappa shape index (κ2) is 6.08. The molecular formula is C11H22N2O2. The van der Waals surface area contributed by atoms with E-state index in [0.29, 0.717) is 18.7 Å². The van der Waals surface area contributed by atoms with Gasteiger partial charge in [0.2, 0.25) is 5.91 Å². The largest absolute Gasteiger partial charge is 0.372 e. The Hall–Kier alpha value is -0.610. The Morgan fingerprint density at radius 1 is 1.47 bits per heavy atom. The molecule has 0 aromatic carbocycles. The molecule has 0 spiro atoms. The van der Waals surface area contributed by atoms with Crippen LogP contribution in [0.1, 0.15) is 33.6 Å². The zero-order valence-electron chi connectivity index (χ0n) is 9.88. The van der Waals surface area contributed by atoms with E-state index in [2.05, 4.69) is 24.5 Å². The molecule has 1 aliphatic heterocycles. The van der Waals surface area contributed by atoms with Crippen molar-refractivity contribution in [2.24, 2.45) is 0 Å². The Morgan fingerprint density at radius 3 is 2.80 bits per heavy atom. The summed E-state index contributed by atoms with van der Waals surface area (Å²) in [7, 11) is 0. The second-order valence-electron chi connectivity index (χ2n) is 4.24. The Balaban J connectivity index is 2.28. The van der Waals surface area contributed by atoms with Crippen LogP contribution in [-0.2, 0) is 9.53 Å². The van der Waals surface area contributed by atoms with Crippen molar-refractivity contribution in [1.29, 1.82) is 0 Å². The Morgan fingerprint density at radius 2 is 2.20 bits per heavy atom. The van der Waals surface area contributed by atoms with E-state index in [-0.39, 0.29) is 18.6 Å². The van der Waals surface area contributed by atoms with Gasteiger partial charge < -0.3 is 15.4 Å². The lowest BCUT2D eigenvalue weighted by atomic mass is 9.95. The van der Waals surface area contributed by atoms with Gasteiger partial charge in [0.25, 0.3) is 0 Å². The Kier molecular flexibility index (Phi) is 5.05. The molecule has 1 saturated heterocycles. The number of piperidine rings is 1. The highest BCUT2D eigenvalue weighted by molar-refractivity contribution is 5.77. The first-order valence-corrected chi connectivity index (χ1v) is 5.76. The smallest absolute Gasteiger partial charge is 0.246 e. The number of carbonyl (C=O) groups is 1. The highest BCUT2D eigenvalue weighted by Gasteiger charge is 2.25. The van der Waals surface area contributed by atoms with Gasteiger partial charge in [0.1, 0.15) is 6.61 Å². The summed E-state index contributed by atoms with van der Waals surface area (Å²) in [5, 5.41) is 6.43. The first-order valence-electron chi connectivity index (χ1n) is 5.76. The summed E-state index contributed by atoms with van der Waals surface area (Å²) in [5.74, 6) is -0.00921. The maximum Gasteiger partial charge on any atom is 0.246 e. The van der Waals surface area contributed by atoms with E-state index < -0.39 is 0 Å². The molecule has 0 aliphatic carbocycles. The van der Waals surface area contributed by atoms with Crippen LogP contribution in [0.4, 0.5) is 0 Å². The molecule has 4 heteroatoms. The summed E-state index contributed by atoms with van der Waals surface area (Å²) in [6.07, 6.45) is 2.16. The standard InChI is InChI=1S/C11H22N2O2/c1-4-15-7-11(14)13-10-6-5-8(2)12-9(10)3/h8-10,12H,4-7H2,1-3H3,(H,13,14). The van der Waals surface area contributed by atoms with Crippen LogP contribution in [0.5, 0.6) is 0 Å². The number of nitrogens with one attached hydrogen (secondary N) is 2. The minimum absolute atomic E-state index is 0.00921. The minimum atomic E-state index is -0.00921. The lowest BCUT2D eigenvalue weighted by Gasteiger charge is -2.34. The van der Waals surface area contributed by atoms with Crippen molar-refractivity contribution in [3.8, 4) is 0 Å². The van der Waals surface area contributed by atoms with Gasteiger partial charge in [-0.1, -0.05) is 0 Å². The molecule has 15 heavy (non-hydrogen) atoms. The van der Waals surface area contributed by atoms with Gasteiger partial charge in [-0.2, -0.15) is 0 Å².